The molecule has 1 aliphatic rings. The minimum Gasteiger partial charge on any atom is -0.384 e. The number of anilines is 1. The lowest BCUT2D eigenvalue weighted by atomic mass is 10.2. The molecule has 0 bridgehead atoms. The number of carbonyl (C=O) groups excluding carboxylic acids is 1. The Bertz CT molecular complexity index is 404. The van der Waals surface area contributed by atoms with E-state index < -0.39 is 0 Å². The number of thioether (sulfide) groups is 1. The van der Waals surface area contributed by atoms with Crippen molar-refractivity contribution in [2.24, 2.45) is 0 Å². The molecule has 2 heterocycles. The molecular formula is C11H16N4OS. The second-order valence-electron chi connectivity index (χ2n) is 4.11. The van der Waals surface area contributed by atoms with E-state index in [0.29, 0.717) is 11.0 Å². The summed E-state index contributed by atoms with van der Waals surface area (Å²) < 4.78 is 0. The molecule has 1 saturated heterocycles. The first-order valence-electron chi connectivity index (χ1n) is 5.70. The molecule has 1 amide bonds. The monoisotopic (exact) mass is 252 g/mol. The summed E-state index contributed by atoms with van der Waals surface area (Å²) in [4.78, 5) is 20.2. The van der Waals surface area contributed by atoms with E-state index in [4.69, 9.17) is 5.73 Å². The Kier molecular flexibility index (Phi) is 3.83. The van der Waals surface area contributed by atoms with E-state index in [1.54, 1.807) is 6.07 Å². The number of aromatic nitrogens is 2. The van der Waals surface area contributed by atoms with Crippen molar-refractivity contribution < 1.29 is 4.79 Å². The number of nitrogens with zero attached hydrogens (tertiary/aromatic N) is 2. The van der Waals surface area contributed by atoms with Gasteiger partial charge in [0.25, 0.3) is 0 Å². The van der Waals surface area contributed by atoms with Gasteiger partial charge in [-0.3, -0.25) is 4.79 Å². The van der Waals surface area contributed by atoms with Crippen LogP contribution >= 0.6 is 11.8 Å². The minimum absolute atomic E-state index is 0.0798. The zero-order chi connectivity index (χ0) is 12.3. The zero-order valence-corrected chi connectivity index (χ0v) is 10.6. The molecule has 1 aromatic heterocycles. The first-order chi connectivity index (χ1) is 8.15. The molecule has 0 saturated carbocycles. The van der Waals surface area contributed by atoms with Gasteiger partial charge in [0.2, 0.25) is 5.91 Å². The van der Waals surface area contributed by atoms with E-state index >= 15 is 0 Å². The zero-order valence-electron chi connectivity index (χ0n) is 9.77. The number of aryl methyl sites for hydroxylation is 1. The lowest BCUT2D eigenvalue weighted by molar-refractivity contribution is -0.120. The van der Waals surface area contributed by atoms with Crippen LogP contribution in [0.2, 0.25) is 0 Å². The van der Waals surface area contributed by atoms with E-state index in [0.717, 1.165) is 31.5 Å². The fourth-order valence-electron chi connectivity index (χ4n) is 1.77. The second-order valence-corrected chi connectivity index (χ2v) is 5.28. The number of hydrogen-bond acceptors (Lipinski definition) is 5. The van der Waals surface area contributed by atoms with E-state index in [2.05, 4.69) is 15.3 Å². The molecule has 5 nitrogen and oxygen atoms in total. The van der Waals surface area contributed by atoms with E-state index in [-0.39, 0.29) is 11.2 Å². The van der Waals surface area contributed by atoms with Crippen molar-refractivity contribution in [2.45, 2.75) is 36.6 Å². The van der Waals surface area contributed by atoms with Crippen LogP contribution in [0.15, 0.2) is 11.2 Å². The fraction of sp³-hybridized carbons (Fsp3) is 0.545. The average Bonchev–Trinajstić information content (AvgIpc) is 2.43. The third kappa shape index (κ3) is 3.33. The summed E-state index contributed by atoms with van der Waals surface area (Å²) in [5.74, 6) is 0.533. The number of hydrogen-bond donors (Lipinski definition) is 2. The highest BCUT2D eigenvalue weighted by atomic mass is 32.2. The van der Waals surface area contributed by atoms with Crippen molar-refractivity contribution in [1.29, 1.82) is 0 Å². The van der Waals surface area contributed by atoms with Crippen LogP contribution in [0.5, 0.6) is 0 Å². The number of carbonyl (C=O) groups is 1. The maximum atomic E-state index is 11.8. The second kappa shape index (κ2) is 5.35. The number of nitrogen functional groups attached to an aromatic ring is 1. The van der Waals surface area contributed by atoms with E-state index in [1.807, 2.05) is 6.92 Å². The SMILES string of the molecule is Cc1cc(N)nc(S[C@H]2CCCCNC2=O)n1. The van der Waals surface area contributed by atoms with Gasteiger partial charge in [0.05, 0.1) is 5.25 Å². The number of nitrogens with one attached hydrogen (secondary N) is 1. The largest absolute Gasteiger partial charge is 0.384 e. The summed E-state index contributed by atoms with van der Waals surface area (Å²) in [6.45, 7) is 2.64. The minimum atomic E-state index is -0.0984. The van der Waals surface area contributed by atoms with Gasteiger partial charge >= 0.3 is 0 Å². The molecule has 2 rings (SSSR count). The summed E-state index contributed by atoms with van der Waals surface area (Å²) in [6.07, 6.45) is 2.96. The molecule has 1 aliphatic heterocycles. The van der Waals surface area contributed by atoms with Crippen LogP contribution in [-0.4, -0.2) is 27.7 Å². The topological polar surface area (TPSA) is 80.9 Å². The molecule has 17 heavy (non-hydrogen) atoms. The van der Waals surface area contributed by atoms with Crippen LogP contribution in [0.25, 0.3) is 0 Å². The van der Waals surface area contributed by atoms with Crippen LogP contribution in [0.3, 0.4) is 0 Å². The van der Waals surface area contributed by atoms with Gasteiger partial charge < -0.3 is 11.1 Å². The van der Waals surface area contributed by atoms with Crippen LogP contribution in [0, 0.1) is 6.92 Å². The Balaban J connectivity index is 2.10. The maximum absolute atomic E-state index is 11.8. The van der Waals surface area contributed by atoms with Crippen LogP contribution in [0.4, 0.5) is 5.82 Å². The smallest absolute Gasteiger partial charge is 0.233 e. The van der Waals surface area contributed by atoms with Crippen LogP contribution in [-0.2, 0) is 4.79 Å². The first-order valence-corrected chi connectivity index (χ1v) is 6.58. The molecule has 1 fully saturated rings. The molecule has 0 spiro atoms. The van der Waals surface area contributed by atoms with Crippen molar-refractivity contribution in [3.8, 4) is 0 Å². The van der Waals surface area contributed by atoms with Crippen molar-refractivity contribution in [2.75, 3.05) is 12.3 Å². The van der Waals surface area contributed by atoms with Gasteiger partial charge in [0.1, 0.15) is 5.82 Å². The van der Waals surface area contributed by atoms with E-state index in [1.165, 1.54) is 11.8 Å². The van der Waals surface area contributed by atoms with Gasteiger partial charge in [-0.15, -0.1) is 0 Å². The summed E-state index contributed by atoms with van der Waals surface area (Å²) in [5, 5.41) is 3.39. The van der Waals surface area contributed by atoms with Gasteiger partial charge in [-0.25, -0.2) is 9.97 Å². The Labute approximate surface area is 105 Å². The summed E-state index contributed by atoms with van der Waals surface area (Å²) in [6, 6.07) is 1.72. The van der Waals surface area contributed by atoms with E-state index in [9.17, 15) is 4.79 Å². The van der Waals surface area contributed by atoms with Gasteiger partial charge in [0, 0.05) is 18.3 Å². The normalized spacial score (nSPS) is 20.8. The first kappa shape index (κ1) is 12.2. The fourth-order valence-corrected chi connectivity index (χ4v) is 2.85. The van der Waals surface area contributed by atoms with Gasteiger partial charge in [-0.2, -0.15) is 0 Å². The van der Waals surface area contributed by atoms with Gasteiger partial charge in [-0.1, -0.05) is 18.2 Å². The Morgan fingerprint density at radius 2 is 2.29 bits per heavy atom. The van der Waals surface area contributed by atoms with Crippen molar-refractivity contribution >= 4 is 23.5 Å². The predicted molar refractivity (Wildman–Crippen MR) is 67.7 cm³/mol. The maximum Gasteiger partial charge on any atom is 0.233 e. The number of amides is 1. The lowest BCUT2D eigenvalue weighted by Crippen LogP contribution is -2.30. The molecule has 0 unspecified atom stereocenters. The Morgan fingerprint density at radius 3 is 3.06 bits per heavy atom. The van der Waals surface area contributed by atoms with Crippen LogP contribution < -0.4 is 11.1 Å². The quantitative estimate of drug-likeness (QED) is 0.771. The standard InChI is InChI=1S/C11H16N4OS/c1-7-6-9(12)15-11(14-7)17-8-4-2-3-5-13-10(8)16/h6,8H,2-5H2,1H3,(H,13,16)(H2,12,14,15)/t8-/m0/s1. The number of rotatable bonds is 2. The predicted octanol–water partition coefficient (Wildman–Crippen LogP) is 1.13. The summed E-state index contributed by atoms with van der Waals surface area (Å²) in [5.41, 5.74) is 6.49. The molecule has 3 N–H and O–H groups in total. The molecule has 0 radical (unpaired) electrons. The highest BCUT2D eigenvalue weighted by Crippen LogP contribution is 2.26. The Hall–Kier alpha value is -1.30. The molecule has 6 heteroatoms. The van der Waals surface area contributed by atoms with Crippen molar-refractivity contribution in [3.63, 3.8) is 0 Å². The average molecular weight is 252 g/mol. The molecule has 1 atom stereocenters. The highest BCUT2D eigenvalue weighted by molar-refractivity contribution is 8.00. The Morgan fingerprint density at radius 1 is 1.47 bits per heavy atom. The summed E-state index contributed by atoms with van der Waals surface area (Å²) >= 11 is 1.40. The molecular weight excluding hydrogens is 236 g/mol. The number of nitrogens with two attached hydrogens (primary N) is 1. The lowest BCUT2D eigenvalue weighted by Gasteiger charge is -2.11. The van der Waals surface area contributed by atoms with Gasteiger partial charge in [0.15, 0.2) is 5.16 Å². The molecule has 0 aromatic carbocycles. The third-order valence-corrected chi connectivity index (χ3v) is 3.71. The highest BCUT2D eigenvalue weighted by Gasteiger charge is 2.22. The van der Waals surface area contributed by atoms with Crippen molar-refractivity contribution in [1.82, 2.24) is 15.3 Å². The molecule has 1 aromatic rings. The molecule has 0 aliphatic carbocycles. The van der Waals surface area contributed by atoms with Gasteiger partial charge in [-0.05, 0) is 19.8 Å². The third-order valence-electron chi connectivity index (χ3n) is 2.59. The molecule has 92 valence electrons. The van der Waals surface area contributed by atoms with Crippen molar-refractivity contribution in [3.05, 3.63) is 11.8 Å². The summed E-state index contributed by atoms with van der Waals surface area (Å²) in [7, 11) is 0. The van der Waals surface area contributed by atoms with Crippen LogP contribution in [0.1, 0.15) is 25.0 Å².